The molecule has 2 aromatic carbocycles. The molecule has 2 N–H and O–H groups in total. The zero-order valence-electron chi connectivity index (χ0n) is 16.8. The van der Waals surface area contributed by atoms with Crippen LogP contribution in [0, 0.1) is 11.8 Å². The molecule has 2 aromatic rings. The molecular weight excluding hydrogens is 354 g/mol. The van der Waals surface area contributed by atoms with Gasteiger partial charge in [-0.2, -0.15) is 0 Å². The van der Waals surface area contributed by atoms with Crippen molar-refractivity contribution in [3.8, 4) is 0 Å². The van der Waals surface area contributed by atoms with Gasteiger partial charge in [0.2, 0.25) is 0 Å². The Morgan fingerprint density at radius 3 is 1.85 bits per heavy atom. The van der Waals surface area contributed by atoms with Crippen molar-refractivity contribution in [1.82, 2.24) is 5.32 Å². The van der Waals surface area contributed by atoms with Crippen molar-refractivity contribution in [1.29, 1.82) is 0 Å². The van der Waals surface area contributed by atoms with E-state index >= 15 is 0 Å². The van der Waals surface area contributed by atoms with Gasteiger partial charge in [0.05, 0.1) is 5.60 Å². The number of nitrogens with one attached hydrogen (secondary N) is 1. The first kappa shape index (κ1) is 21.9. The van der Waals surface area contributed by atoms with Crippen LogP contribution in [0.4, 0.5) is 0 Å². The molecule has 0 radical (unpaired) electrons. The summed E-state index contributed by atoms with van der Waals surface area (Å²) < 4.78 is 0. The van der Waals surface area contributed by atoms with E-state index in [2.05, 4.69) is 86.8 Å². The second kappa shape index (κ2) is 9.73. The number of piperidine rings is 1. The van der Waals surface area contributed by atoms with Crippen LogP contribution in [-0.4, -0.2) is 10.7 Å². The summed E-state index contributed by atoms with van der Waals surface area (Å²) in [5.41, 5.74) is 1.90. The molecule has 1 saturated heterocycles. The van der Waals surface area contributed by atoms with Crippen LogP contribution in [-0.2, 0) is 0 Å². The Balaban J connectivity index is 0.00000261. The van der Waals surface area contributed by atoms with Crippen molar-refractivity contribution < 1.29 is 5.11 Å². The minimum Gasteiger partial charge on any atom is -0.389 e. The van der Waals surface area contributed by atoms with E-state index in [4.69, 9.17) is 0 Å². The van der Waals surface area contributed by atoms with Crippen LogP contribution in [0.15, 0.2) is 60.7 Å². The normalized spacial score (nSPS) is 30.5. The first-order valence-corrected chi connectivity index (χ1v) is 10.2. The molecule has 0 spiro atoms. The average molecular weight is 388 g/mol. The largest absolute Gasteiger partial charge is 0.389 e. The number of aliphatic hydroxyl groups is 1. The summed E-state index contributed by atoms with van der Waals surface area (Å²) in [7, 11) is 0. The highest BCUT2D eigenvalue weighted by Gasteiger charge is 2.51. The van der Waals surface area contributed by atoms with E-state index in [1.807, 2.05) is 0 Å². The first-order valence-electron chi connectivity index (χ1n) is 10.2. The lowest BCUT2D eigenvalue weighted by Gasteiger charge is -2.53. The zero-order chi connectivity index (χ0) is 18.6. The van der Waals surface area contributed by atoms with Crippen LogP contribution in [0.1, 0.15) is 69.7 Å². The molecule has 3 heteroatoms. The van der Waals surface area contributed by atoms with Gasteiger partial charge in [-0.1, -0.05) is 94.3 Å². The molecule has 1 aliphatic heterocycles. The summed E-state index contributed by atoms with van der Waals surface area (Å²) in [5, 5.41) is 15.9. The van der Waals surface area contributed by atoms with Crippen LogP contribution in [0.5, 0.6) is 0 Å². The summed E-state index contributed by atoms with van der Waals surface area (Å²) in [5.74, 6) is 0.395. The monoisotopic (exact) mass is 387 g/mol. The molecule has 1 heterocycles. The standard InChI is InChI=1S/C24H33NO.ClH/c1-4-12-21-23(20-15-10-7-11-16-20)25-22(19-13-8-6-9-14-19)18(3)24(21,26)17-5-2;/h6-11,13-16,18,21-23,25-26H,4-5,12,17H2,1-3H3;1H. The van der Waals surface area contributed by atoms with E-state index in [9.17, 15) is 5.11 Å². The number of rotatable bonds is 6. The van der Waals surface area contributed by atoms with Crippen molar-refractivity contribution in [2.45, 2.75) is 64.1 Å². The Morgan fingerprint density at radius 1 is 0.852 bits per heavy atom. The van der Waals surface area contributed by atoms with Crippen molar-refractivity contribution in [3.63, 3.8) is 0 Å². The van der Waals surface area contributed by atoms with Crippen molar-refractivity contribution in [2.24, 2.45) is 11.8 Å². The van der Waals surface area contributed by atoms with Gasteiger partial charge in [-0.15, -0.1) is 12.4 Å². The van der Waals surface area contributed by atoms with Gasteiger partial charge in [0.25, 0.3) is 0 Å². The predicted molar refractivity (Wildman–Crippen MR) is 116 cm³/mol. The van der Waals surface area contributed by atoms with Gasteiger partial charge in [-0.05, 0) is 24.0 Å². The molecule has 1 aliphatic rings. The molecule has 5 atom stereocenters. The quantitative estimate of drug-likeness (QED) is 0.629. The Labute approximate surface area is 170 Å². The summed E-state index contributed by atoms with van der Waals surface area (Å²) >= 11 is 0. The topological polar surface area (TPSA) is 32.3 Å². The Kier molecular flexibility index (Phi) is 7.91. The first-order chi connectivity index (χ1) is 12.6. The van der Waals surface area contributed by atoms with E-state index in [1.54, 1.807) is 0 Å². The Bertz CT molecular complexity index is 677. The van der Waals surface area contributed by atoms with E-state index in [1.165, 1.54) is 11.1 Å². The molecule has 0 bridgehead atoms. The third-order valence-electron chi connectivity index (χ3n) is 6.26. The molecule has 0 saturated carbocycles. The SMILES string of the molecule is CCCC1C(c2ccccc2)NC(c2ccccc2)C(C)C1(O)CCC.Cl. The van der Waals surface area contributed by atoms with E-state index in [0.717, 1.165) is 25.7 Å². The van der Waals surface area contributed by atoms with E-state index in [-0.39, 0.29) is 36.3 Å². The van der Waals surface area contributed by atoms with Gasteiger partial charge in [0.1, 0.15) is 0 Å². The average Bonchev–Trinajstić information content (AvgIpc) is 2.68. The number of hydrogen-bond donors (Lipinski definition) is 2. The van der Waals surface area contributed by atoms with Crippen molar-refractivity contribution in [3.05, 3.63) is 71.8 Å². The second-order valence-corrected chi connectivity index (χ2v) is 7.87. The molecular formula is C24H34ClNO. The fraction of sp³-hybridized carbons (Fsp3) is 0.500. The van der Waals surface area contributed by atoms with Crippen molar-refractivity contribution in [2.75, 3.05) is 0 Å². The van der Waals surface area contributed by atoms with Crippen LogP contribution in [0.3, 0.4) is 0 Å². The van der Waals surface area contributed by atoms with Gasteiger partial charge >= 0.3 is 0 Å². The van der Waals surface area contributed by atoms with Crippen LogP contribution < -0.4 is 5.32 Å². The third kappa shape index (κ3) is 4.39. The summed E-state index contributed by atoms with van der Waals surface area (Å²) in [6, 6.07) is 21.6. The molecule has 2 nitrogen and oxygen atoms in total. The molecule has 3 rings (SSSR count). The predicted octanol–water partition coefficient (Wildman–Crippen LogP) is 6.08. The number of halogens is 1. The van der Waals surface area contributed by atoms with Gasteiger partial charge in [0.15, 0.2) is 0 Å². The molecule has 148 valence electrons. The third-order valence-corrected chi connectivity index (χ3v) is 6.26. The molecule has 1 fully saturated rings. The molecule has 5 unspecified atom stereocenters. The smallest absolute Gasteiger partial charge is 0.0737 e. The Morgan fingerprint density at radius 2 is 1.37 bits per heavy atom. The molecule has 0 aliphatic carbocycles. The molecule has 0 aromatic heterocycles. The minimum atomic E-state index is -0.656. The summed E-state index contributed by atoms with van der Waals surface area (Å²) in [6.07, 6.45) is 3.98. The maximum atomic E-state index is 12.0. The van der Waals surface area contributed by atoms with Gasteiger partial charge < -0.3 is 10.4 Å². The van der Waals surface area contributed by atoms with Gasteiger partial charge in [0, 0.05) is 23.9 Å². The van der Waals surface area contributed by atoms with E-state index in [0.29, 0.717) is 0 Å². The Hall–Kier alpha value is -1.35. The van der Waals surface area contributed by atoms with E-state index < -0.39 is 5.60 Å². The zero-order valence-corrected chi connectivity index (χ0v) is 17.6. The maximum absolute atomic E-state index is 12.0. The lowest BCUT2D eigenvalue weighted by molar-refractivity contribution is -0.125. The fourth-order valence-corrected chi connectivity index (χ4v) is 4.94. The highest BCUT2D eigenvalue weighted by molar-refractivity contribution is 5.85. The van der Waals surface area contributed by atoms with Gasteiger partial charge in [-0.3, -0.25) is 0 Å². The second-order valence-electron chi connectivity index (χ2n) is 7.87. The lowest BCUT2D eigenvalue weighted by Crippen LogP contribution is -2.58. The van der Waals surface area contributed by atoms with Crippen molar-refractivity contribution >= 4 is 12.4 Å². The fourth-order valence-electron chi connectivity index (χ4n) is 4.94. The maximum Gasteiger partial charge on any atom is 0.0737 e. The number of hydrogen-bond acceptors (Lipinski definition) is 2. The summed E-state index contributed by atoms with van der Waals surface area (Å²) in [6.45, 7) is 6.64. The van der Waals surface area contributed by atoms with Crippen LogP contribution in [0.2, 0.25) is 0 Å². The number of benzene rings is 2. The highest BCUT2D eigenvalue weighted by atomic mass is 35.5. The molecule has 27 heavy (non-hydrogen) atoms. The summed E-state index contributed by atoms with van der Waals surface area (Å²) in [4.78, 5) is 0. The lowest BCUT2D eigenvalue weighted by atomic mass is 9.62. The molecule has 0 amide bonds. The highest BCUT2D eigenvalue weighted by Crippen LogP contribution is 2.50. The minimum absolute atomic E-state index is 0. The van der Waals surface area contributed by atoms with Gasteiger partial charge in [-0.25, -0.2) is 0 Å². The van der Waals surface area contributed by atoms with Crippen LogP contribution >= 0.6 is 12.4 Å². The van der Waals surface area contributed by atoms with Crippen LogP contribution in [0.25, 0.3) is 0 Å².